The molecule has 5 nitrogen and oxygen atoms in total. The molecule has 3 aromatic rings. The van der Waals surface area contributed by atoms with Gasteiger partial charge in [-0.05, 0) is 68.4 Å². The number of aromatic nitrogens is 1. The number of fused-ring (bicyclic) bond motifs is 1. The van der Waals surface area contributed by atoms with Gasteiger partial charge in [0.1, 0.15) is 5.75 Å². The fourth-order valence-corrected chi connectivity index (χ4v) is 4.30. The number of likely N-dealkylation sites (tertiary alicyclic amines) is 1. The minimum absolute atomic E-state index is 0.0513. The van der Waals surface area contributed by atoms with E-state index in [1.165, 1.54) is 19.3 Å². The van der Waals surface area contributed by atoms with E-state index in [1.807, 2.05) is 24.4 Å². The molecule has 1 aliphatic rings. The lowest BCUT2D eigenvalue weighted by Gasteiger charge is -2.28. The summed E-state index contributed by atoms with van der Waals surface area (Å²) >= 11 is 0. The van der Waals surface area contributed by atoms with Crippen molar-refractivity contribution in [3.8, 4) is 5.75 Å². The topological polar surface area (TPSA) is 54.7 Å². The maximum Gasteiger partial charge on any atom is 0.185 e. The molecule has 1 fully saturated rings. The Hall–Kier alpha value is -2.89. The molecule has 5 heteroatoms. The zero-order valence-electron chi connectivity index (χ0n) is 18.0. The average molecular weight is 419 g/mol. The van der Waals surface area contributed by atoms with E-state index in [0.717, 1.165) is 35.3 Å². The first-order valence-corrected chi connectivity index (χ1v) is 11.0. The molecule has 31 heavy (non-hydrogen) atoms. The molecule has 0 radical (unpaired) electrons. The number of para-hydroxylation sites is 1. The molecular formula is C26H30N2O3. The molecule has 1 saturated heterocycles. The third-order valence-electron chi connectivity index (χ3n) is 5.93. The number of aliphatic hydroxyl groups excluding tert-OH is 1. The van der Waals surface area contributed by atoms with Crippen LogP contribution < -0.4 is 4.74 Å². The standard InChI is InChI=1S/C26H30N2O3/c1-31-23-12-9-20(10-13-23)26(30)14-11-21-17-28(25-8-4-3-7-24(21)25)19-22(29)18-27-15-5-2-6-16-27/h3-4,7-14,17,22,29H,2,5-6,15-16,18-19H2,1H3/b14-11+. The summed E-state index contributed by atoms with van der Waals surface area (Å²) in [6.07, 6.45) is 8.81. The van der Waals surface area contributed by atoms with E-state index in [0.29, 0.717) is 18.7 Å². The zero-order chi connectivity index (χ0) is 21.6. The number of hydrogen-bond donors (Lipinski definition) is 1. The third-order valence-corrected chi connectivity index (χ3v) is 5.93. The summed E-state index contributed by atoms with van der Waals surface area (Å²) in [4.78, 5) is 14.9. The van der Waals surface area contributed by atoms with Gasteiger partial charge in [0.25, 0.3) is 0 Å². The van der Waals surface area contributed by atoms with Crippen LogP contribution >= 0.6 is 0 Å². The number of nitrogens with zero attached hydrogens (tertiary/aromatic N) is 2. The smallest absolute Gasteiger partial charge is 0.185 e. The highest BCUT2D eigenvalue weighted by molar-refractivity contribution is 6.07. The van der Waals surface area contributed by atoms with Crippen LogP contribution in [-0.2, 0) is 6.54 Å². The molecule has 0 amide bonds. The number of ketones is 1. The Labute approximate surface area is 183 Å². The van der Waals surface area contributed by atoms with E-state index in [1.54, 1.807) is 37.5 Å². The normalized spacial score (nSPS) is 16.1. The fourth-order valence-electron chi connectivity index (χ4n) is 4.30. The number of β-amino-alcohol motifs (C(OH)–C–C–N with tert-alkyl or cyclic N) is 1. The first-order valence-electron chi connectivity index (χ1n) is 11.0. The van der Waals surface area contributed by atoms with Crippen molar-refractivity contribution in [1.82, 2.24) is 9.47 Å². The van der Waals surface area contributed by atoms with Gasteiger partial charge >= 0.3 is 0 Å². The summed E-state index contributed by atoms with van der Waals surface area (Å²) in [6.45, 7) is 3.39. The van der Waals surface area contributed by atoms with Gasteiger partial charge in [-0.1, -0.05) is 24.6 Å². The maximum absolute atomic E-state index is 12.6. The molecule has 1 unspecified atom stereocenters. The minimum atomic E-state index is -0.424. The van der Waals surface area contributed by atoms with Crippen molar-refractivity contribution in [2.45, 2.75) is 31.9 Å². The monoisotopic (exact) mass is 418 g/mol. The van der Waals surface area contributed by atoms with E-state index in [9.17, 15) is 9.90 Å². The van der Waals surface area contributed by atoms with Crippen LogP contribution in [0, 0.1) is 0 Å². The van der Waals surface area contributed by atoms with Crippen LogP contribution in [0.3, 0.4) is 0 Å². The highest BCUT2D eigenvalue weighted by Crippen LogP contribution is 2.23. The SMILES string of the molecule is COc1ccc(C(=O)/C=C/c2cn(CC(O)CN3CCCCC3)c3ccccc23)cc1. The van der Waals surface area contributed by atoms with E-state index in [2.05, 4.69) is 21.6 Å². The maximum atomic E-state index is 12.6. The molecule has 1 N–H and O–H groups in total. The number of piperidine rings is 1. The second-order valence-electron chi connectivity index (χ2n) is 8.20. The molecule has 0 bridgehead atoms. The first-order chi connectivity index (χ1) is 15.1. The molecule has 4 rings (SSSR count). The second-order valence-corrected chi connectivity index (χ2v) is 8.20. The molecule has 0 aliphatic carbocycles. The predicted octanol–water partition coefficient (Wildman–Crippen LogP) is 4.39. The van der Waals surface area contributed by atoms with Crippen molar-refractivity contribution in [2.75, 3.05) is 26.7 Å². The summed E-state index contributed by atoms with van der Waals surface area (Å²) in [5.74, 6) is 0.677. The number of benzene rings is 2. The minimum Gasteiger partial charge on any atom is -0.497 e. The quantitative estimate of drug-likeness (QED) is 0.435. The van der Waals surface area contributed by atoms with Crippen LogP contribution in [0.4, 0.5) is 0 Å². The Kier molecular flexibility index (Phi) is 6.85. The third kappa shape index (κ3) is 5.24. The number of carbonyl (C=O) groups excluding carboxylic acids is 1. The van der Waals surface area contributed by atoms with E-state index < -0.39 is 6.10 Å². The summed E-state index contributed by atoms with van der Waals surface area (Å²) in [5, 5.41) is 11.8. The van der Waals surface area contributed by atoms with Gasteiger partial charge in [0, 0.05) is 41.3 Å². The lowest BCUT2D eigenvalue weighted by atomic mass is 10.1. The van der Waals surface area contributed by atoms with Crippen molar-refractivity contribution in [3.63, 3.8) is 0 Å². The van der Waals surface area contributed by atoms with E-state index in [-0.39, 0.29) is 5.78 Å². The number of methoxy groups -OCH3 is 1. The van der Waals surface area contributed by atoms with E-state index >= 15 is 0 Å². The molecule has 1 aromatic heterocycles. The molecule has 0 saturated carbocycles. The van der Waals surface area contributed by atoms with Gasteiger partial charge in [-0.15, -0.1) is 0 Å². The Bertz CT molecular complexity index is 1050. The first kappa shape index (κ1) is 21.3. The zero-order valence-corrected chi connectivity index (χ0v) is 18.0. The molecule has 162 valence electrons. The highest BCUT2D eigenvalue weighted by atomic mass is 16.5. The average Bonchev–Trinajstić information content (AvgIpc) is 3.15. The van der Waals surface area contributed by atoms with Gasteiger partial charge in [-0.2, -0.15) is 0 Å². The van der Waals surface area contributed by atoms with Crippen LogP contribution in [-0.4, -0.2) is 53.2 Å². The van der Waals surface area contributed by atoms with Crippen LogP contribution in [0.25, 0.3) is 17.0 Å². The molecule has 2 heterocycles. The van der Waals surface area contributed by atoms with Gasteiger partial charge < -0.3 is 19.3 Å². The Morgan fingerprint density at radius 3 is 2.55 bits per heavy atom. The van der Waals surface area contributed by atoms with Gasteiger partial charge in [-0.25, -0.2) is 0 Å². The van der Waals surface area contributed by atoms with Crippen molar-refractivity contribution < 1.29 is 14.6 Å². The number of ether oxygens (including phenoxy) is 1. The second kappa shape index (κ2) is 9.94. The van der Waals surface area contributed by atoms with Crippen LogP contribution in [0.5, 0.6) is 5.75 Å². The number of allylic oxidation sites excluding steroid dienone is 1. The van der Waals surface area contributed by atoms with Crippen LogP contribution in [0.15, 0.2) is 60.8 Å². The Morgan fingerprint density at radius 2 is 1.81 bits per heavy atom. The number of carbonyl (C=O) groups is 1. The number of aliphatic hydroxyl groups is 1. The van der Waals surface area contributed by atoms with Crippen LogP contribution in [0.1, 0.15) is 35.2 Å². The molecule has 1 aliphatic heterocycles. The summed E-state index contributed by atoms with van der Waals surface area (Å²) < 4.78 is 7.25. The lowest BCUT2D eigenvalue weighted by molar-refractivity contribution is 0.0892. The Morgan fingerprint density at radius 1 is 1.06 bits per heavy atom. The van der Waals surface area contributed by atoms with Gasteiger partial charge in [0.2, 0.25) is 0 Å². The van der Waals surface area contributed by atoms with Crippen LogP contribution in [0.2, 0.25) is 0 Å². The molecular weight excluding hydrogens is 388 g/mol. The number of hydrogen-bond acceptors (Lipinski definition) is 4. The lowest BCUT2D eigenvalue weighted by Crippen LogP contribution is -2.37. The van der Waals surface area contributed by atoms with Crippen molar-refractivity contribution in [3.05, 3.63) is 71.9 Å². The van der Waals surface area contributed by atoms with Crippen molar-refractivity contribution >= 4 is 22.8 Å². The molecule has 0 spiro atoms. The van der Waals surface area contributed by atoms with Crippen molar-refractivity contribution in [1.29, 1.82) is 0 Å². The highest BCUT2D eigenvalue weighted by Gasteiger charge is 2.16. The molecule has 1 atom stereocenters. The predicted molar refractivity (Wildman–Crippen MR) is 125 cm³/mol. The van der Waals surface area contributed by atoms with Gasteiger partial charge in [-0.3, -0.25) is 4.79 Å². The summed E-state index contributed by atoms with van der Waals surface area (Å²) in [6, 6.07) is 15.2. The van der Waals surface area contributed by atoms with Gasteiger partial charge in [0.15, 0.2) is 5.78 Å². The summed E-state index contributed by atoms with van der Waals surface area (Å²) in [7, 11) is 1.61. The van der Waals surface area contributed by atoms with Gasteiger partial charge in [0.05, 0.1) is 13.2 Å². The number of rotatable bonds is 8. The Balaban J connectivity index is 1.50. The molecule has 2 aromatic carbocycles. The largest absolute Gasteiger partial charge is 0.497 e. The van der Waals surface area contributed by atoms with Crippen molar-refractivity contribution in [2.24, 2.45) is 0 Å². The van der Waals surface area contributed by atoms with E-state index in [4.69, 9.17) is 4.74 Å². The fraction of sp³-hybridized carbons (Fsp3) is 0.346. The summed E-state index contributed by atoms with van der Waals surface area (Å²) in [5.41, 5.74) is 2.66.